The highest BCUT2D eigenvalue weighted by Crippen LogP contribution is 2.26. The molecule has 5 rings (SSSR count). The fourth-order valence-electron chi connectivity index (χ4n) is 3.73. The van der Waals surface area contributed by atoms with E-state index in [0.717, 1.165) is 45.4 Å². The van der Waals surface area contributed by atoms with Gasteiger partial charge in [0, 0.05) is 41.6 Å². The number of benzene rings is 2. The number of pyridine rings is 1. The number of urea groups is 1. The molecule has 0 spiro atoms. The Balaban J connectivity index is 1.40. The highest BCUT2D eigenvalue weighted by Gasteiger charge is 2.10. The van der Waals surface area contributed by atoms with Crippen molar-refractivity contribution in [1.29, 1.82) is 0 Å². The molecule has 6 heteroatoms. The number of hydrogen-bond donors (Lipinski definition) is 3. The van der Waals surface area contributed by atoms with Crippen LogP contribution in [0.4, 0.5) is 16.2 Å². The topological polar surface area (TPSA) is 74.7 Å². The number of H-pyrrole nitrogens is 1. The molecule has 3 aromatic heterocycles. The van der Waals surface area contributed by atoms with Gasteiger partial charge in [0.05, 0.1) is 11.2 Å². The van der Waals surface area contributed by atoms with E-state index in [2.05, 4.69) is 31.2 Å². The third kappa shape index (κ3) is 3.39. The standard InChI is InChI=1S/C24H21N5O/c1-16-5-7-18(8-6-16)27-24(30)28-21-3-2-4-22-20(21)11-14-29(22)15-17-9-12-25-23-19(17)10-13-26-23/h2-14H,15H2,1H3,(H,25,26)(H2,27,28,30). The average Bonchev–Trinajstić information content (AvgIpc) is 3.38. The van der Waals surface area contributed by atoms with Gasteiger partial charge < -0.3 is 20.2 Å². The summed E-state index contributed by atoms with van der Waals surface area (Å²) >= 11 is 0. The fourth-order valence-corrected chi connectivity index (χ4v) is 3.73. The number of amides is 2. The quantitative estimate of drug-likeness (QED) is 0.375. The van der Waals surface area contributed by atoms with E-state index in [1.54, 1.807) is 0 Å². The van der Waals surface area contributed by atoms with E-state index in [1.807, 2.05) is 80.1 Å². The van der Waals surface area contributed by atoms with Crippen LogP contribution in [0.25, 0.3) is 21.9 Å². The number of aromatic amines is 1. The second kappa shape index (κ2) is 7.40. The van der Waals surface area contributed by atoms with Crippen molar-refractivity contribution in [2.75, 3.05) is 10.6 Å². The number of hydrogen-bond acceptors (Lipinski definition) is 2. The minimum absolute atomic E-state index is 0.262. The van der Waals surface area contributed by atoms with E-state index in [-0.39, 0.29) is 6.03 Å². The highest BCUT2D eigenvalue weighted by molar-refractivity contribution is 6.05. The van der Waals surface area contributed by atoms with Crippen LogP contribution in [0.3, 0.4) is 0 Å². The molecular weight excluding hydrogens is 374 g/mol. The summed E-state index contributed by atoms with van der Waals surface area (Å²) in [5.74, 6) is 0. The maximum absolute atomic E-state index is 12.5. The van der Waals surface area contributed by atoms with Crippen molar-refractivity contribution in [3.05, 3.63) is 90.4 Å². The molecule has 2 aromatic carbocycles. The number of aryl methyl sites for hydroxylation is 1. The Labute approximate surface area is 173 Å². The monoisotopic (exact) mass is 395 g/mol. The summed E-state index contributed by atoms with van der Waals surface area (Å²) in [7, 11) is 0. The molecule has 0 aliphatic heterocycles. The Morgan fingerprint density at radius 2 is 1.87 bits per heavy atom. The van der Waals surface area contributed by atoms with Crippen LogP contribution in [0.2, 0.25) is 0 Å². The van der Waals surface area contributed by atoms with Gasteiger partial charge in [-0.2, -0.15) is 0 Å². The van der Waals surface area contributed by atoms with Gasteiger partial charge in [-0.15, -0.1) is 0 Å². The number of carbonyl (C=O) groups is 1. The lowest BCUT2D eigenvalue weighted by atomic mass is 10.2. The number of carbonyl (C=O) groups excluding carboxylic acids is 1. The SMILES string of the molecule is Cc1ccc(NC(=O)Nc2cccc3c2ccn3Cc2ccnc3[nH]ccc23)cc1. The van der Waals surface area contributed by atoms with Crippen LogP contribution in [0.5, 0.6) is 0 Å². The molecule has 3 N–H and O–H groups in total. The predicted molar refractivity (Wildman–Crippen MR) is 121 cm³/mol. The lowest BCUT2D eigenvalue weighted by Crippen LogP contribution is -2.19. The van der Waals surface area contributed by atoms with Crippen molar-refractivity contribution in [3.8, 4) is 0 Å². The molecule has 3 heterocycles. The first kappa shape index (κ1) is 18.0. The number of fused-ring (bicyclic) bond motifs is 2. The first-order valence-corrected chi connectivity index (χ1v) is 9.81. The molecule has 2 amide bonds. The van der Waals surface area contributed by atoms with E-state index in [9.17, 15) is 4.79 Å². The maximum Gasteiger partial charge on any atom is 0.323 e. The molecule has 6 nitrogen and oxygen atoms in total. The molecule has 0 radical (unpaired) electrons. The van der Waals surface area contributed by atoms with Crippen LogP contribution in [0.1, 0.15) is 11.1 Å². The lowest BCUT2D eigenvalue weighted by Gasteiger charge is -2.10. The van der Waals surface area contributed by atoms with Crippen LogP contribution >= 0.6 is 0 Å². The zero-order valence-electron chi connectivity index (χ0n) is 16.5. The van der Waals surface area contributed by atoms with Crippen molar-refractivity contribution in [2.24, 2.45) is 0 Å². The predicted octanol–water partition coefficient (Wildman–Crippen LogP) is 5.52. The Kier molecular flexibility index (Phi) is 4.44. The maximum atomic E-state index is 12.5. The molecular formula is C24H21N5O. The summed E-state index contributed by atoms with van der Waals surface area (Å²) in [6.07, 6.45) is 5.78. The third-order valence-corrected chi connectivity index (χ3v) is 5.26. The molecule has 0 fully saturated rings. The smallest absolute Gasteiger partial charge is 0.323 e. The summed E-state index contributed by atoms with van der Waals surface area (Å²) in [5.41, 5.74) is 5.82. The van der Waals surface area contributed by atoms with Crippen molar-refractivity contribution in [2.45, 2.75) is 13.5 Å². The summed E-state index contributed by atoms with van der Waals surface area (Å²) in [6.45, 7) is 2.74. The van der Waals surface area contributed by atoms with E-state index in [4.69, 9.17) is 0 Å². The van der Waals surface area contributed by atoms with Crippen molar-refractivity contribution in [3.63, 3.8) is 0 Å². The zero-order chi connectivity index (χ0) is 20.5. The molecule has 0 aliphatic rings. The number of rotatable bonds is 4. The average molecular weight is 395 g/mol. The second-order valence-electron chi connectivity index (χ2n) is 7.34. The van der Waals surface area contributed by atoms with Crippen LogP contribution in [0.15, 0.2) is 79.3 Å². The van der Waals surface area contributed by atoms with Crippen molar-refractivity contribution in [1.82, 2.24) is 14.5 Å². The van der Waals surface area contributed by atoms with E-state index in [1.165, 1.54) is 5.56 Å². The van der Waals surface area contributed by atoms with Gasteiger partial charge in [-0.3, -0.25) is 0 Å². The molecule has 5 aromatic rings. The van der Waals surface area contributed by atoms with Crippen molar-refractivity contribution >= 4 is 39.3 Å². The minimum atomic E-state index is -0.262. The zero-order valence-corrected chi connectivity index (χ0v) is 16.5. The molecule has 0 bridgehead atoms. The van der Waals surface area contributed by atoms with Gasteiger partial charge in [-0.25, -0.2) is 9.78 Å². The van der Waals surface area contributed by atoms with Gasteiger partial charge in [-0.1, -0.05) is 23.8 Å². The highest BCUT2D eigenvalue weighted by atomic mass is 16.2. The molecule has 0 atom stereocenters. The normalized spacial score (nSPS) is 11.1. The Hall–Kier alpha value is -4.06. The summed E-state index contributed by atoms with van der Waals surface area (Å²) < 4.78 is 2.18. The number of nitrogens with one attached hydrogen (secondary N) is 3. The van der Waals surface area contributed by atoms with E-state index >= 15 is 0 Å². The summed E-state index contributed by atoms with van der Waals surface area (Å²) in [6, 6.07) is 19.5. The Morgan fingerprint density at radius 1 is 1.00 bits per heavy atom. The summed E-state index contributed by atoms with van der Waals surface area (Å²) in [4.78, 5) is 20.0. The summed E-state index contributed by atoms with van der Waals surface area (Å²) in [5, 5.41) is 7.96. The molecule has 0 saturated carbocycles. The lowest BCUT2D eigenvalue weighted by molar-refractivity contribution is 0.262. The van der Waals surface area contributed by atoms with Gasteiger partial charge in [-0.05, 0) is 55.0 Å². The van der Waals surface area contributed by atoms with Crippen LogP contribution in [-0.2, 0) is 6.54 Å². The molecule has 0 saturated heterocycles. The van der Waals surface area contributed by atoms with Crippen LogP contribution < -0.4 is 10.6 Å². The molecule has 148 valence electrons. The van der Waals surface area contributed by atoms with Gasteiger partial charge in [0.15, 0.2) is 0 Å². The molecule has 0 aliphatic carbocycles. The Morgan fingerprint density at radius 3 is 2.73 bits per heavy atom. The number of nitrogens with zero attached hydrogens (tertiary/aromatic N) is 2. The van der Waals surface area contributed by atoms with E-state index < -0.39 is 0 Å². The van der Waals surface area contributed by atoms with Gasteiger partial charge >= 0.3 is 6.03 Å². The first-order valence-electron chi connectivity index (χ1n) is 9.81. The fraction of sp³-hybridized carbons (Fsp3) is 0.0833. The minimum Gasteiger partial charge on any atom is -0.346 e. The Bertz CT molecular complexity index is 1350. The molecule has 0 unspecified atom stereocenters. The number of aromatic nitrogens is 3. The van der Waals surface area contributed by atoms with Crippen LogP contribution in [0, 0.1) is 6.92 Å². The second-order valence-corrected chi connectivity index (χ2v) is 7.34. The number of anilines is 2. The van der Waals surface area contributed by atoms with Crippen LogP contribution in [-0.4, -0.2) is 20.6 Å². The third-order valence-electron chi connectivity index (χ3n) is 5.26. The first-order chi connectivity index (χ1) is 14.7. The van der Waals surface area contributed by atoms with Gasteiger partial charge in [0.1, 0.15) is 5.65 Å². The molecule has 30 heavy (non-hydrogen) atoms. The van der Waals surface area contributed by atoms with Gasteiger partial charge in [0.2, 0.25) is 0 Å². The van der Waals surface area contributed by atoms with Crippen molar-refractivity contribution < 1.29 is 4.79 Å². The van der Waals surface area contributed by atoms with Gasteiger partial charge in [0.25, 0.3) is 0 Å². The largest absolute Gasteiger partial charge is 0.346 e. The van der Waals surface area contributed by atoms with E-state index in [0.29, 0.717) is 0 Å².